The average molecular weight is 163 g/mol. The predicted molar refractivity (Wildman–Crippen MR) is 51.0 cm³/mol. The summed E-state index contributed by atoms with van der Waals surface area (Å²) in [6, 6.07) is 7.76. The van der Waals surface area contributed by atoms with E-state index in [1.165, 1.54) is 0 Å². The van der Waals surface area contributed by atoms with Crippen molar-refractivity contribution in [3.63, 3.8) is 0 Å². The standard InChI is InChI=1S/C9H13N3/c1-12-9(11)8-4-2-3-7(5-8)6-10/h2-5H,6,10H2,1H3,(H2,11,12). The molecule has 0 saturated heterocycles. The zero-order valence-electron chi connectivity index (χ0n) is 7.12. The number of amidine groups is 1. The lowest BCUT2D eigenvalue weighted by molar-refractivity contribution is 1.07. The average Bonchev–Trinajstić information content (AvgIpc) is 2.17. The molecule has 0 aliphatic rings. The van der Waals surface area contributed by atoms with Crippen molar-refractivity contribution in [3.8, 4) is 0 Å². The molecule has 0 atom stereocenters. The highest BCUT2D eigenvalue weighted by atomic mass is 14.8. The molecule has 0 fully saturated rings. The lowest BCUT2D eigenvalue weighted by Crippen LogP contribution is -2.13. The van der Waals surface area contributed by atoms with Gasteiger partial charge in [-0.1, -0.05) is 18.2 Å². The summed E-state index contributed by atoms with van der Waals surface area (Å²) >= 11 is 0. The van der Waals surface area contributed by atoms with E-state index in [0.29, 0.717) is 12.4 Å². The van der Waals surface area contributed by atoms with Gasteiger partial charge in [-0.15, -0.1) is 0 Å². The monoisotopic (exact) mass is 163 g/mol. The highest BCUT2D eigenvalue weighted by molar-refractivity contribution is 5.97. The normalized spacial score (nSPS) is 11.7. The Morgan fingerprint density at radius 2 is 2.25 bits per heavy atom. The zero-order chi connectivity index (χ0) is 8.97. The first kappa shape index (κ1) is 8.74. The molecule has 0 bridgehead atoms. The molecule has 4 N–H and O–H groups in total. The van der Waals surface area contributed by atoms with Gasteiger partial charge in [0.1, 0.15) is 5.84 Å². The van der Waals surface area contributed by atoms with Gasteiger partial charge in [-0.3, -0.25) is 4.99 Å². The smallest absolute Gasteiger partial charge is 0.125 e. The highest BCUT2D eigenvalue weighted by Crippen LogP contribution is 2.03. The SMILES string of the molecule is CN=C(N)c1cccc(CN)c1. The summed E-state index contributed by atoms with van der Waals surface area (Å²) < 4.78 is 0. The Morgan fingerprint density at radius 1 is 1.50 bits per heavy atom. The molecule has 64 valence electrons. The van der Waals surface area contributed by atoms with Crippen molar-refractivity contribution < 1.29 is 0 Å². The minimum absolute atomic E-state index is 0.533. The van der Waals surface area contributed by atoms with E-state index >= 15 is 0 Å². The fourth-order valence-electron chi connectivity index (χ4n) is 0.987. The third-order valence-electron chi connectivity index (χ3n) is 1.70. The molecule has 1 aromatic carbocycles. The molecule has 3 nitrogen and oxygen atoms in total. The summed E-state index contributed by atoms with van der Waals surface area (Å²) in [5.74, 6) is 0.547. The first-order valence-corrected chi connectivity index (χ1v) is 3.79. The van der Waals surface area contributed by atoms with Crippen LogP contribution in [0, 0.1) is 0 Å². The second kappa shape index (κ2) is 3.88. The van der Waals surface area contributed by atoms with Crippen LogP contribution in [0.2, 0.25) is 0 Å². The maximum absolute atomic E-state index is 5.63. The van der Waals surface area contributed by atoms with Crippen LogP contribution in [0.1, 0.15) is 11.1 Å². The van der Waals surface area contributed by atoms with E-state index in [9.17, 15) is 0 Å². The van der Waals surface area contributed by atoms with Gasteiger partial charge in [0.05, 0.1) is 0 Å². The molecule has 0 aliphatic heterocycles. The Balaban J connectivity index is 3.02. The van der Waals surface area contributed by atoms with Crippen LogP contribution < -0.4 is 11.5 Å². The summed E-state index contributed by atoms with van der Waals surface area (Å²) in [4.78, 5) is 3.89. The number of benzene rings is 1. The van der Waals surface area contributed by atoms with Gasteiger partial charge < -0.3 is 11.5 Å². The maximum atomic E-state index is 5.63. The number of aliphatic imine (C=N–C) groups is 1. The second-order valence-corrected chi connectivity index (χ2v) is 2.51. The zero-order valence-corrected chi connectivity index (χ0v) is 7.12. The molecule has 0 aromatic heterocycles. The van der Waals surface area contributed by atoms with Crippen molar-refractivity contribution in [2.75, 3.05) is 7.05 Å². The largest absolute Gasteiger partial charge is 0.384 e. The fourth-order valence-corrected chi connectivity index (χ4v) is 0.987. The van der Waals surface area contributed by atoms with Crippen molar-refractivity contribution >= 4 is 5.84 Å². The third-order valence-corrected chi connectivity index (χ3v) is 1.70. The summed E-state index contributed by atoms with van der Waals surface area (Å²) in [6.07, 6.45) is 0. The lowest BCUT2D eigenvalue weighted by atomic mass is 10.1. The fraction of sp³-hybridized carbons (Fsp3) is 0.222. The number of nitrogens with zero attached hydrogens (tertiary/aromatic N) is 1. The summed E-state index contributed by atoms with van der Waals surface area (Å²) in [6.45, 7) is 0.533. The van der Waals surface area contributed by atoms with E-state index in [2.05, 4.69) is 4.99 Å². The van der Waals surface area contributed by atoms with Crippen LogP contribution >= 0.6 is 0 Å². The maximum Gasteiger partial charge on any atom is 0.125 e. The van der Waals surface area contributed by atoms with Crippen LogP contribution in [0.3, 0.4) is 0 Å². The Bertz CT molecular complexity index is 292. The lowest BCUT2D eigenvalue weighted by Gasteiger charge is -2.01. The van der Waals surface area contributed by atoms with Crippen molar-refractivity contribution in [2.24, 2.45) is 16.5 Å². The molecular formula is C9H13N3. The molecule has 0 spiro atoms. The van der Waals surface area contributed by atoms with E-state index in [1.807, 2.05) is 24.3 Å². The van der Waals surface area contributed by atoms with Crippen molar-refractivity contribution in [3.05, 3.63) is 35.4 Å². The number of rotatable bonds is 2. The minimum atomic E-state index is 0.533. The topological polar surface area (TPSA) is 64.4 Å². The molecule has 12 heavy (non-hydrogen) atoms. The van der Waals surface area contributed by atoms with E-state index in [4.69, 9.17) is 11.5 Å². The van der Waals surface area contributed by atoms with Gasteiger partial charge in [-0.05, 0) is 11.6 Å². The Morgan fingerprint density at radius 3 is 2.83 bits per heavy atom. The molecular weight excluding hydrogens is 150 g/mol. The van der Waals surface area contributed by atoms with Crippen LogP contribution in [0.25, 0.3) is 0 Å². The van der Waals surface area contributed by atoms with Crippen LogP contribution in [0.15, 0.2) is 29.3 Å². The van der Waals surface area contributed by atoms with Gasteiger partial charge in [0.15, 0.2) is 0 Å². The Hall–Kier alpha value is -1.35. The first-order chi connectivity index (χ1) is 5.77. The molecule has 0 amide bonds. The van der Waals surface area contributed by atoms with E-state index in [1.54, 1.807) is 7.05 Å². The number of nitrogens with two attached hydrogens (primary N) is 2. The van der Waals surface area contributed by atoms with Gasteiger partial charge in [-0.25, -0.2) is 0 Å². The molecule has 1 rings (SSSR count). The molecule has 3 heteroatoms. The Labute approximate surface area is 72.1 Å². The van der Waals surface area contributed by atoms with Crippen LogP contribution in [-0.2, 0) is 6.54 Å². The van der Waals surface area contributed by atoms with Crippen molar-refractivity contribution in [1.29, 1.82) is 0 Å². The minimum Gasteiger partial charge on any atom is -0.384 e. The van der Waals surface area contributed by atoms with Crippen molar-refractivity contribution in [2.45, 2.75) is 6.54 Å². The molecule has 1 aromatic rings. The Kier molecular flexibility index (Phi) is 2.82. The van der Waals surface area contributed by atoms with Gasteiger partial charge in [0, 0.05) is 19.2 Å². The highest BCUT2D eigenvalue weighted by Gasteiger charge is 1.96. The summed E-state index contributed by atoms with van der Waals surface area (Å²) in [5, 5.41) is 0. The van der Waals surface area contributed by atoms with E-state index in [-0.39, 0.29) is 0 Å². The van der Waals surface area contributed by atoms with E-state index < -0.39 is 0 Å². The molecule has 0 aliphatic carbocycles. The molecule has 0 unspecified atom stereocenters. The van der Waals surface area contributed by atoms with Gasteiger partial charge in [0.25, 0.3) is 0 Å². The molecule has 0 saturated carbocycles. The van der Waals surface area contributed by atoms with Gasteiger partial charge >= 0.3 is 0 Å². The van der Waals surface area contributed by atoms with Crippen LogP contribution in [-0.4, -0.2) is 12.9 Å². The quantitative estimate of drug-likeness (QED) is 0.492. The first-order valence-electron chi connectivity index (χ1n) is 3.79. The number of hydrogen-bond acceptors (Lipinski definition) is 2. The molecule has 0 heterocycles. The van der Waals surface area contributed by atoms with Crippen molar-refractivity contribution in [1.82, 2.24) is 0 Å². The van der Waals surface area contributed by atoms with Crippen LogP contribution in [0.4, 0.5) is 0 Å². The predicted octanol–water partition coefficient (Wildman–Crippen LogP) is 0.480. The summed E-state index contributed by atoms with van der Waals surface area (Å²) in [7, 11) is 1.67. The number of hydrogen-bond donors (Lipinski definition) is 2. The van der Waals surface area contributed by atoms with E-state index in [0.717, 1.165) is 11.1 Å². The molecule has 0 radical (unpaired) electrons. The van der Waals surface area contributed by atoms with Gasteiger partial charge in [-0.2, -0.15) is 0 Å². The summed E-state index contributed by atoms with van der Waals surface area (Å²) in [5.41, 5.74) is 13.1. The third kappa shape index (κ3) is 1.83. The van der Waals surface area contributed by atoms with Gasteiger partial charge in [0.2, 0.25) is 0 Å². The van der Waals surface area contributed by atoms with Crippen LogP contribution in [0.5, 0.6) is 0 Å². The second-order valence-electron chi connectivity index (χ2n) is 2.51.